The van der Waals surface area contributed by atoms with Crippen LogP contribution in [0.1, 0.15) is 111 Å². The molecule has 0 aromatic heterocycles. The largest absolute Gasteiger partial charge is 0.452 e. The molecule has 33 heavy (non-hydrogen) atoms. The molecule has 2 aromatic carbocycles. The fourth-order valence-electron chi connectivity index (χ4n) is 4.22. The van der Waals surface area contributed by atoms with Crippen molar-refractivity contribution in [2.45, 2.75) is 112 Å². The third-order valence-corrected chi connectivity index (χ3v) is 6.24. The molecule has 0 bridgehead atoms. The van der Waals surface area contributed by atoms with E-state index in [-0.39, 0.29) is 16.2 Å². The predicted octanol–water partition coefficient (Wildman–Crippen LogP) is 8.10. The molecule has 0 atom stereocenters. The molecule has 0 N–H and O–H groups in total. The van der Waals surface area contributed by atoms with E-state index in [0.29, 0.717) is 6.54 Å². The highest BCUT2D eigenvalue weighted by atomic mass is 16.7. The van der Waals surface area contributed by atoms with Crippen molar-refractivity contribution in [1.29, 1.82) is 0 Å². The van der Waals surface area contributed by atoms with E-state index < -0.39 is 5.79 Å². The molecule has 3 rings (SSSR count). The molecule has 0 unspecified atom stereocenters. The highest BCUT2D eigenvalue weighted by Crippen LogP contribution is 2.43. The van der Waals surface area contributed by atoms with Crippen molar-refractivity contribution in [2.24, 2.45) is 4.99 Å². The normalized spacial score (nSPS) is 16.7. The SMILES string of the molecule is CC1=NCc2cccc(C(C)(C)C)c2OC(C)(C)Oc2c1cc(C(C)(C)C)cc2C(C)(C)C. The van der Waals surface area contributed by atoms with Crippen molar-refractivity contribution in [3.8, 4) is 11.5 Å². The Labute approximate surface area is 201 Å². The second-order valence-electron chi connectivity index (χ2n) is 12.9. The van der Waals surface area contributed by atoms with Gasteiger partial charge < -0.3 is 9.47 Å². The summed E-state index contributed by atoms with van der Waals surface area (Å²) < 4.78 is 13.5. The molecule has 0 amide bonds. The van der Waals surface area contributed by atoms with E-state index in [0.717, 1.165) is 28.3 Å². The van der Waals surface area contributed by atoms with Crippen LogP contribution < -0.4 is 9.47 Å². The molecule has 3 nitrogen and oxygen atoms in total. The van der Waals surface area contributed by atoms with E-state index in [2.05, 4.69) is 99.6 Å². The van der Waals surface area contributed by atoms with Crippen molar-refractivity contribution in [3.63, 3.8) is 0 Å². The van der Waals surface area contributed by atoms with E-state index in [1.54, 1.807) is 0 Å². The summed E-state index contributed by atoms with van der Waals surface area (Å²) in [4.78, 5) is 5.04. The predicted molar refractivity (Wildman–Crippen MR) is 140 cm³/mol. The Kier molecular flexibility index (Phi) is 6.28. The average Bonchev–Trinajstić information content (AvgIpc) is 2.63. The summed E-state index contributed by atoms with van der Waals surface area (Å²) in [5.74, 6) is 0.906. The molecule has 180 valence electrons. The van der Waals surface area contributed by atoms with Crippen LogP contribution >= 0.6 is 0 Å². The fourth-order valence-corrected chi connectivity index (χ4v) is 4.22. The first-order valence-electron chi connectivity index (χ1n) is 12.1. The first kappa shape index (κ1) is 25.3. The van der Waals surface area contributed by atoms with Gasteiger partial charge in [-0.2, -0.15) is 0 Å². The van der Waals surface area contributed by atoms with Crippen molar-refractivity contribution in [2.75, 3.05) is 0 Å². The van der Waals surface area contributed by atoms with E-state index in [4.69, 9.17) is 14.5 Å². The lowest BCUT2D eigenvalue weighted by Gasteiger charge is -2.36. The monoisotopic (exact) mass is 449 g/mol. The van der Waals surface area contributed by atoms with Gasteiger partial charge >= 0.3 is 0 Å². The van der Waals surface area contributed by atoms with Crippen molar-refractivity contribution < 1.29 is 9.47 Å². The molecule has 1 aliphatic heterocycles. The summed E-state index contributed by atoms with van der Waals surface area (Å²) in [6.07, 6.45) is 0. The van der Waals surface area contributed by atoms with Gasteiger partial charge in [0.2, 0.25) is 5.79 Å². The van der Waals surface area contributed by atoms with Gasteiger partial charge in [-0.25, -0.2) is 0 Å². The summed E-state index contributed by atoms with van der Waals surface area (Å²) in [7, 11) is 0. The lowest BCUT2D eigenvalue weighted by Crippen LogP contribution is -2.38. The lowest BCUT2D eigenvalue weighted by molar-refractivity contribution is -0.0835. The van der Waals surface area contributed by atoms with Gasteiger partial charge in [0, 0.05) is 41.8 Å². The van der Waals surface area contributed by atoms with Crippen LogP contribution in [0.15, 0.2) is 35.3 Å². The summed E-state index contributed by atoms with van der Waals surface area (Å²) in [6, 6.07) is 10.9. The molecule has 0 saturated carbocycles. The molecule has 1 heterocycles. The average molecular weight is 450 g/mol. The molecule has 0 aliphatic carbocycles. The minimum absolute atomic E-state index is 0.0187. The number of fused-ring (bicyclic) bond motifs is 2. The number of benzene rings is 2. The van der Waals surface area contributed by atoms with Crippen molar-refractivity contribution in [1.82, 2.24) is 0 Å². The summed E-state index contributed by atoms with van der Waals surface area (Å²) in [5.41, 5.74) is 6.64. The van der Waals surface area contributed by atoms with E-state index in [1.807, 2.05) is 13.8 Å². The Morgan fingerprint density at radius 1 is 0.758 bits per heavy atom. The highest BCUT2D eigenvalue weighted by Gasteiger charge is 2.34. The topological polar surface area (TPSA) is 30.8 Å². The van der Waals surface area contributed by atoms with E-state index >= 15 is 0 Å². The maximum atomic E-state index is 6.78. The minimum atomic E-state index is -0.855. The number of hydrogen-bond donors (Lipinski definition) is 0. The van der Waals surface area contributed by atoms with Crippen LogP contribution in [0.3, 0.4) is 0 Å². The Balaban J connectivity index is 2.32. The molecule has 2 aromatic rings. The quantitative estimate of drug-likeness (QED) is 0.407. The smallest absolute Gasteiger partial charge is 0.245 e. The van der Waals surface area contributed by atoms with Crippen LogP contribution in [0.5, 0.6) is 11.5 Å². The van der Waals surface area contributed by atoms with Gasteiger partial charge in [0.05, 0.1) is 6.54 Å². The number of hydrogen-bond acceptors (Lipinski definition) is 3. The van der Waals surface area contributed by atoms with Crippen molar-refractivity contribution >= 4 is 5.71 Å². The maximum absolute atomic E-state index is 6.78. The Hall–Kier alpha value is -2.29. The third kappa shape index (κ3) is 5.45. The van der Waals surface area contributed by atoms with E-state index in [9.17, 15) is 0 Å². The van der Waals surface area contributed by atoms with Gasteiger partial charge in [0.25, 0.3) is 0 Å². The number of para-hydroxylation sites is 1. The van der Waals surface area contributed by atoms with Crippen molar-refractivity contribution in [3.05, 3.63) is 58.1 Å². The Morgan fingerprint density at radius 3 is 1.88 bits per heavy atom. The standard InChI is InChI=1S/C30H43NO2/c1-19-22-16-21(27(2,3)4)17-24(29(8,9)10)26(22)33-30(11,12)32-25-20(18-31-19)14-13-15-23(25)28(5,6)7/h13-17H,18H2,1-12H3. The van der Waals surface area contributed by atoms with Crippen LogP contribution in [-0.4, -0.2) is 11.5 Å². The summed E-state index contributed by atoms with van der Waals surface area (Å²) in [6.45, 7) is 26.8. The zero-order chi connectivity index (χ0) is 25.0. The van der Waals surface area contributed by atoms with Gasteiger partial charge in [-0.3, -0.25) is 4.99 Å². The van der Waals surface area contributed by atoms with Crippen LogP contribution in [0, 0.1) is 0 Å². The van der Waals surface area contributed by atoms with Gasteiger partial charge in [0.1, 0.15) is 11.5 Å². The zero-order valence-corrected chi connectivity index (χ0v) is 22.9. The van der Waals surface area contributed by atoms with Gasteiger partial charge in [-0.15, -0.1) is 0 Å². The lowest BCUT2D eigenvalue weighted by atomic mass is 9.78. The fraction of sp³-hybridized carbons (Fsp3) is 0.567. The Morgan fingerprint density at radius 2 is 1.33 bits per heavy atom. The molecule has 3 heteroatoms. The maximum Gasteiger partial charge on any atom is 0.245 e. The molecular weight excluding hydrogens is 406 g/mol. The number of aliphatic imine (C=N–C) groups is 1. The molecule has 0 spiro atoms. The van der Waals surface area contributed by atoms with Crippen LogP contribution in [0.4, 0.5) is 0 Å². The first-order chi connectivity index (χ1) is 14.9. The third-order valence-electron chi connectivity index (χ3n) is 6.24. The zero-order valence-electron chi connectivity index (χ0n) is 22.9. The second kappa shape index (κ2) is 8.18. The summed E-state index contributed by atoms with van der Waals surface area (Å²) >= 11 is 0. The molecule has 0 saturated heterocycles. The van der Waals surface area contributed by atoms with Gasteiger partial charge in [-0.1, -0.05) is 86.6 Å². The highest BCUT2D eigenvalue weighted by molar-refractivity contribution is 6.02. The van der Waals surface area contributed by atoms with Gasteiger partial charge in [-0.05, 0) is 34.8 Å². The number of rotatable bonds is 0. The number of nitrogens with zero attached hydrogens (tertiary/aromatic N) is 1. The van der Waals surface area contributed by atoms with Crippen LogP contribution in [0.2, 0.25) is 0 Å². The molecule has 0 fully saturated rings. The molecular formula is C30H43NO2. The second-order valence-corrected chi connectivity index (χ2v) is 12.9. The molecule has 1 aliphatic rings. The Bertz CT molecular complexity index is 1070. The minimum Gasteiger partial charge on any atom is -0.452 e. The van der Waals surface area contributed by atoms with Gasteiger partial charge in [0.15, 0.2) is 0 Å². The number of ether oxygens (including phenoxy) is 2. The van der Waals surface area contributed by atoms with Crippen LogP contribution in [-0.2, 0) is 22.8 Å². The summed E-state index contributed by atoms with van der Waals surface area (Å²) in [5, 5.41) is 0. The van der Waals surface area contributed by atoms with Crippen LogP contribution in [0.25, 0.3) is 0 Å². The molecule has 0 radical (unpaired) electrons. The van der Waals surface area contributed by atoms with E-state index in [1.165, 1.54) is 16.7 Å². The first-order valence-corrected chi connectivity index (χ1v) is 12.1.